The van der Waals surface area contributed by atoms with Crippen molar-refractivity contribution in [2.24, 2.45) is 0 Å². The Morgan fingerprint density at radius 1 is 0.636 bits per heavy atom. The second-order valence-corrected chi connectivity index (χ2v) is 8.63. The molecule has 0 aliphatic rings. The van der Waals surface area contributed by atoms with Crippen molar-refractivity contribution in [3.8, 4) is 5.30 Å². The van der Waals surface area contributed by atoms with Gasteiger partial charge in [-0.3, -0.25) is 0 Å². The fourth-order valence-corrected chi connectivity index (χ4v) is 7.64. The van der Waals surface area contributed by atoms with Crippen LogP contribution in [0.15, 0.2) is 78.9 Å². The average molecular weight is 316 g/mol. The van der Waals surface area contributed by atoms with Crippen LogP contribution in [0.5, 0.6) is 0 Å². The number of thiophene rings is 1. The zero-order valence-electron chi connectivity index (χ0n) is 11.9. The Hall–Kier alpha value is -2.08. The van der Waals surface area contributed by atoms with Crippen LogP contribution in [-0.4, -0.2) is 0 Å². The molecule has 2 heteroatoms. The van der Waals surface area contributed by atoms with Gasteiger partial charge in [0.15, 0.2) is 0 Å². The summed E-state index contributed by atoms with van der Waals surface area (Å²) >= 11 is 1.94. The maximum absolute atomic E-state index is 2.32. The molecule has 0 saturated carbocycles. The largest absolute Gasteiger partial charge is 0.134 e. The average Bonchev–Trinajstić information content (AvgIpc) is 3.10. The normalized spacial score (nSPS) is 12.5. The van der Waals surface area contributed by atoms with Gasteiger partial charge in [0.25, 0.3) is 0 Å². The molecule has 0 aliphatic heterocycles. The Kier molecular flexibility index (Phi) is 2.67. The van der Waals surface area contributed by atoms with Crippen molar-refractivity contribution in [1.29, 1.82) is 0 Å². The molecule has 0 nitrogen and oxygen atoms in total. The van der Waals surface area contributed by atoms with Gasteiger partial charge in [-0.25, -0.2) is 0 Å². The van der Waals surface area contributed by atoms with Gasteiger partial charge < -0.3 is 0 Å². The topological polar surface area (TPSA) is 0 Å². The quantitative estimate of drug-likeness (QED) is 0.307. The smallest absolute Gasteiger partial charge is 0.0480 e. The molecule has 104 valence electrons. The molecule has 0 saturated heterocycles. The van der Waals surface area contributed by atoms with Gasteiger partial charge in [0.05, 0.1) is 0 Å². The lowest BCUT2D eigenvalue weighted by Gasteiger charge is -2.03. The molecule has 5 aromatic rings. The van der Waals surface area contributed by atoms with Crippen molar-refractivity contribution < 1.29 is 0 Å². The van der Waals surface area contributed by atoms with Crippen LogP contribution in [0.25, 0.3) is 35.7 Å². The third-order valence-corrected chi connectivity index (χ3v) is 8.15. The molecule has 1 atom stereocenters. The summed E-state index contributed by atoms with van der Waals surface area (Å²) in [7, 11) is -0.424. The van der Waals surface area contributed by atoms with Crippen molar-refractivity contribution in [2.75, 3.05) is 0 Å². The molecule has 2 aromatic heterocycles. The SMILES string of the molecule is c1ccc(-p2c3ccccc3c3sc4ccccc4c32)cc1. The number of benzene rings is 3. The fourth-order valence-electron chi connectivity index (χ4n) is 3.26. The third kappa shape index (κ3) is 1.64. The molecule has 0 radical (unpaired) electrons. The molecule has 5 rings (SSSR count). The minimum absolute atomic E-state index is 0.424. The summed E-state index contributed by atoms with van der Waals surface area (Å²) in [6, 6.07) is 28.8. The molecule has 0 spiro atoms. The van der Waals surface area contributed by atoms with E-state index in [9.17, 15) is 0 Å². The Morgan fingerprint density at radius 2 is 1.32 bits per heavy atom. The second-order valence-electron chi connectivity index (χ2n) is 5.46. The van der Waals surface area contributed by atoms with Crippen molar-refractivity contribution >= 4 is 49.3 Å². The lowest BCUT2D eigenvalue weighted by Crippen LogP contribution is -1.66. The molecule has 3 aromatic carbocycles. The van der Waals surface area contributed by atoms with Crippen LogP contribution >= 0.6 is 18.9 Å². The van der Waals surface area contributed by atoms with Gasteiger partial charge in [-0.15, -0.1) is 11.3 Å². The zero-order valence-corrected chi connectivity index (χ0v) is 13.6. The van der Waals surface area contributed by atoms with E-state index in [1.165, 1.54) is 30.6 Å². The first kappa shape index (κ1) is 12.5. The standard InChI is InChI=1S/C20H13PS/c1-2-8-14(9-3-1)21-17-12-6-4-10-15(17)20-19(21)16-11-5-7-13-18(16)22-20/h1-13H. The first-order chi connectivity index (χ1) is 10.9. The van der Waals surface area contributed by atoms with Crippen LogP contribution in [0.4, 0.5) is 0 Å². The maximum atomic E-state index is 2.32. The van der Waals surface area contributed by atoms with Crippen molar-refractivity contribution in [2.45, 2.75) is 0 Å². The predicted octanol–water partition coefficient (Wildman–Crippen LogP) is 7.18. The summed E-state index contributed by atoms with van der Waals surface area (Å²) in [4.78, 5) is 0. The van der Waals surface area contributed by atoms with Crippen molar-refractivity contribution in [1.82, 2.24) is 0 Å². The van der Waals surface area contributed by atoms with Gasteiger partial charge in [0.1, 0.15) is 0 Å². The Labute approximate surface area is 133 Å². The van der Waals surface area contributed by atoms with E-state index in [0.717, 1.165) is 0 Å². The van der Waals surface area contributed by atoms with Crippen molar-refractivity contribution in [3.63, 3.8) is 0 Å². The van der Waals surface area contributed by atoms with Gasteiger partial charge in [0, 0.05) is 30.4 Å². The van der Waals surface area contributed by atoms with E-state index < -0.39 is 7.53 Å². The van der Waals surface area contributed by atoms with E-state index in [4.69, 9.17) is 0 Å². The first-order valence-electron chi connectivity index (χ1n) is 7.39. The first-order valence-corrected chi connectivity index (χ1v) is 9.55. The summed E-state index contributed by atoms with van der Waals surface area (Å²) in [5.74, 6) is 0. The summed E-state index contributed by atoms with van der Waals surface area (Å²) < 4.78 is 2.89. The lowest BCUT2D eigenvalue weighted by molar-refractivity contribution is 1.76. The van der Waals surface area contributed by atoms with Crippen LogP contribution in [0.3, 0.4) is 0 Å². The summed E-state index contributed by atoms with van der Waals surface area (Å²) in [6.07, 6.45) is 0. The number of rotatable bonds is 1. The summed E-state index contributed by atoms with van der Waals surface area (Å²) in [5.41, 5.74) is 0. The molecule has 0 amide bonds. The number of fused-ring (bicyclic) bond motifs is 5. The van der Waals surface area contributed by atoms with E-state index >= 15 is 0 Å². The molecule has 0 N–H and O–H groups in total. The molecular formula is C20H13PS. The minimum atomic E-state index is -0.424. The molecular weight excluding hydrogens is 303 g/mol. The molecule has 0 fully saturated rings. The van der Waals surface area contributed by atoms with Crippen LogP contribution in [0.1, 0.15) is 0 Å². The highest BCUT2D eigenvalue weighted by atomic mass is 32.1. The zero-order chi connectivity index (χ0) is 14.5. The Morgan fingerprint density at radius 3 is 2.18 bits per heavy atom. The summed E-state index contributed by atoms with van der Waals surface area (Å²) in [5, 5.41) is 7.40. The van der Waals surface area contributed by atoms with Gasteiger partial charge in [-0.05, 0) is 17.4 Å². The minimum Gasteiger partial charge on any atom is -0.134 e. The van der Waals surface area contributed by atoms with E-state index in [1.807, 2.05) is 11.3 Å². The van der Waals surface area contributed by atoms with Gasteiger partial charge >= 0.3 is 0 Å². The molecule has 0 bridgehead atoms. The number of hydrogen-bond donors (Lipinski definition) is 0. The van der Waals surface area contributed by atoms with Gasteiger partial charge in [-0.1, -0.05) is 74.3 Å². The highest BCUT2D eigenvalue weighted by Crippen LogP contribution is 2.59. The van der Waals surface area contributed by atoms with E-state index in [1.54, 1.807) is 5.12 Å². The second kappa shape index (κ2) is 4.71. The molecule has 2 heterocycles. The Balaban J connectivity index is 2.08. The Bertz CT molecular complexity index is 1110. The van der Waals surface area contributed by atoms with Crippen molar-refractivity contribution in [3.05, 3.63) is 78.9 Å². The summed E-state index contributed by atoms with van der Waals surface area (Å²) in [6.45, 7) is 0. The molecule has 0 aliphatic carbocycles. The predicted molar refractivity (Wildman–Crippen MR) is 101 cm³/mol. The van der Waals surface area contributed by atoms with E-state index in [-0.39, 0.29) is 0 Å². The van der Waals surface area contributed by atoms with Crippen LogP contribution in [0.2, 0.25) is 0 Å². The van der Waals surface area contributed by atoms with E-state index in [2.05, 4.69) is 78.9 Å². The fraction of sp³-hybridized carbons (Fsp3) is 0. The van der Waals surface area contributed by atoms with Crippen LogP contribution < -0.4 is 0 Å². The molecule has 22 heavy (non-hydrogen) atoms. The van der Waals surface area contributed by atoms with Gasteiger partial charge in [0.2, 0.25) is 0 Å². The maximum Gasteiger partial charge on any atom is 0.0480 e. The van der Waals surface area contributed by atoms with Gasteiger partial charge in [-0.2, -0.15) is 0 Å². The molecule has 1 unspecified atom stereocenters. The lowest BCUT2D eigenvalue weighted by atomic mass is 10.2. The van der Waals surface area contributed by atoms with Crippen LogP contribution in [0, 0.1) is 0 Å². The number of hydrogen-bond acceptors (Lipinski definition) is 1. The highest BCUT2D eigenvalue weighted by Gasteiger charge is 2.17. The highest BCUT2D eigenvalue weighted by molar-refractivity contribution is 7.69. The van der Waals surface area contributed by atoms with Crippen LogP contribution in [-0.2, 0) is 0 Å². The third-order valence-electron chi connectivity index (χ3n) is 4.20. The monoisotopic (exact) mass is 316 g/mol. The van der Waals surface area contributed by atoms with E-state index in [0.29, 0.717) is 0 Å².